The van der Waals surface area contributed by atoms with Gasteiger partial charge < -0.3 is 9.72 Å². The number of rotatable bonds is 4. The van der Waals surface area contributed by atoms with Crippen molar-refractivity contribution in [2.24, 2.45) is 0 Å². The first-order valence-corrected chi connectivity index (χ1v) is 8.25. The number of carbonyl (C=O) groups is 1. The molecule has 3 rings (SSSR count). The minimum atomic E-state index is -0.444. The number of hydrogen-bond donors (Lipinski definition) is 1. The molecule has 1 N–H and O–H groups in total. The van der Waals surface area contributed by atoms with Gasteiger partial charge in [-0.2, -0.15) is 0 Å². The average molecular weight is 419 g/mol. The van der Waals surface area contributed by atoms with Crippen LogP contribution in [0.3, 0.4) is 0 Å². The number of H-pyrrole nitrogens is 1. The summed E-state index contributed by atoms with van der Waals surface area (Å²) in [6.07, 6.45) is 2.73. The second-order valence-corrected chi connectivity index (χ2v) is 6.59. The number of aromatic nitrogens is 2. The maximum Gasteiger partial charge on any atom is 0.414 e. The highest BCUT2D eigenvalue weighted by Crippen LogP contribution is 2.26. The van der Waals surface area contributed by atoms with E-state index < -0.39 is 6.09 Å². The lowest BCUT2D eigenvalue weighted by Gasteiger charge is -2.13. The van der Waals surface area contributed by atoms with Crippen LogP contribution in [-0.4, -0.2) is 34.5 Å². The maximum atomic E-state index is 13.6. The number of hydrogen-bond acceptors (Lipinski definition) is 4. The molecule has 1 aliphatic rings. The number of thioether (sulfide) groups is 1. The van der Waals surface area contributed by atoms with E-state index in [4.69, 9.17) is 4.74 Å². The molecule has 0 radical (unpaired) electrons. The number of imidazole rings is 1. The van der Waals surface area contributed by atoms with Gasteiger partial charge in [-0.05, 0) is 40.8 Å². The van der Waals surface area contributed by atoms with E-state index in [2.05, 4.69) is 9.97 Å². The summed E-state index contributed by atoms with van der Waals surface area (Å²) in [7, 11) is 0. The number of cyclic esters (lactones) is 1. The zero-order chi connectivity index (χ0) is 14.8. The van der Waals surface area contributed by atoms with Gasteiger partial charge >= 0.3 is 6.09 Å². The molecule has 5 nitrogen and oxygen atoms in total. The van der Waals surface area contributed by atoms with Gasteiger partial charge in [0.15, 0.2) is 5.16 Å². The zero-order valence-electron chi connectivity index (χ0n) is 10.8. The highest BCUT2D eigenvalue weighted by Gasteiger charge is 2.32. The predicted molar refractivity (Wildman–Crippen MR) is 86.0 cm³/mol. The van der Waals surface area contributed by atoms with Crippen molar-refractivity contribution < 1.29 is 13.9 Å². The standard InChI is InChI=1S/C13H11FIN3O2S/c14-10-5-8(1-2-11(10)15)18-6-9(20-13(18)19)7-21-12-16-3-4-17-12/h1-5,9H,6-7H2,(H,16,17)/t9-/m1/s1. The van der Waals surface area contributed by atoms with Gasteiger partial charge in [-0.15, -0.1) is 0 Å². The van der Waals surface area contributed by atoms with Gasteiger partial charge in [-0.3, -0.25) is 4.90 Å². The number of ether oxygens (including phenoxy) is 1. The van der Waals surface area contributed by atoms with Crippen molar-refractivity contribution in [2.45, 2.75) is 11.3 Å². The van der Waals surface area contributed by atoms with E-state index in [9.17, 15) is 9.18 Å². The van der Waals surface area contributed by atoms with Crippen molar-refractivity contribution in [3.8, 4) is 0 Å². The Hall–Kier alpha value is -1.29. The average Bonchev–Trinajstić information content (AvgIpc) is 3.09. The Morgan fingerprint density at radius 3 is 3.14 bits per heavy atom. The molecule has 1 aromatic carbocycles. The Labute approximate surface area is 138 Å². The normalized spacial score (nSPS) is 18.1. The van der Waals surface area contributed by atoms with Crippen LogP contribution < -0.4 is 4.90 Å². The minimum Gasteiger partial charge on any atom is -0.443 e. The number of benzene rings is 1. The van der Waals surface area contributed by atoms with Gasteiger partial charge in [0.05, 0.1) is 12.2 Å². The quantitative estimate of drug-likeness (QED) is 0.611. The van der Waals surface area contributed by atoms with Crippen LogP contribution in [0.1, 0.15) is 0 Å². The summed E-state index contributed by atoms with van der Waals surface area (Å²) in [4.78, 5) is 20.4. The van der Waals surface area contributed by atoms with Crippen molar-refractivity contribution >= 4 is 46.1 Å². The molecule has 1 amide bonds. The number of anilines is 1. The van der Waals surface area contributed by atoms with Crippen molar-refractivity contribution in [3.05, 3.63) is 40.0 Å². The lowest BCUT2D eigenvalue weighted by molar-refractivity contribution is 0.151. The van der Waals surface area contributed by atoms with Crippen LogP contribution in [0.5, 0.6) is 0 Å². The molecule has 0 saturated carbocycles. The first kappa shape index (κ1) is 14.6. The third kappa shape index (κ3) is 3.31. The second-order valence-electron chi connectivity index (χ2n) is 4.42. The molecule has 1 aromatic heterocycles. The van der Waals surface area contributed by atoms with E-state index in [1.54, 1.807) is 24.5 Å². The third-order valence-corrected chi connectivity index (χ3v) is 4.88. The summed E-state index contributed by atoms with van der Waals surface area (Å²) < 4.78 is 19.4. The first-order valence-electron chi connectivity index (χ1n) is 6.19. The maximum absolute atomic E-state index is 13.6. The number of carbonyl (C=O) groups excluding carboxylic acids is 1. The molecule has 8 heteroatoms. The second kappa shape index (κ2) is 6.22. The fourth-order valence-electron chi connectivity index (χ4n) is 1.97. The molecule has 0 aliphatic carbocycles. The molecular weight excluding hydrogens is 408 g/mol. The number of halogens is 2. The number of nitrogens with zero attached hydrogens (tertiary/aromatic N) is 2. The summed E-state index contributed by atoms with van der Waals surface area (Å²) in [5.41, 5.74) is 0.517. The summed E-state index contributed by atoms with van der Waals surface area (Å²) in [5, 5.41) is 0.782. The number of amides is 1. The fourth-order valence-corrected chi connectivity index (χ4v) is 3.11. The Morgan fingerprint density at radius 2 is 2.43 bits per heavy atom. The SMILES string of the molecule is O=C1O[C@@H](CSc2ncc[nH]2)CN1c1ccc(I)c(F)c1. The molecule has 2 aromatic rings. The summed E-state index contributed by atoms with van der Waals surface area (Å²) >= 11 is 3.39. The van der Waals surface area contributed by atoms with Crippen LogP contribution >= 0.6 is 34.4 Å². The Kier molecular flexibility index (Phi) is 4.34. The number of nitrogens with one attached hydrogen (secondary N) is 1. The molecule has 0 bridgehead atoms. The van der Waals surface area contributed by atoms with Crippen molar-refractivity contribution in [3.63, 3.8) is 0 Å². The van der Waals surface area contributed by atoms with Gasteiger partial charge in [-0.1, -0.05) is 11.8 Å². The third-order valence-electron chi connectivity index (χ3n) is 2.97. The van der Waals surface area contributed by atoms with E-state index in [0.29, 0.717) is 21.6 Å². The van der Waals surface area contributed by atoms with Crippen molar-refractivity contribution in [1.29, 1.82) is 0 Å². The number of aromatic amines is 1. The highest BCUT2D eigenvalue weighted by molar-refractivity contribution is 14.1. The van der Waals surface area contributed by atoms with E-state index >= 15 is 0 Å². The first-order chi connectivity index (χ1) is 10.1. The van der Waals surface area contributed by atoms with Gasteiger partial charge in [0, 0.05) is 21.7 Å². The predicted octanol–water partition coefficient (Wildman–Crippen LogP) is 3.27. The molecule has 21 heavy (non-hydrogen) atoms. The molecule has 2 heterocycles. The van der Waals surface area contributed by atoms with Crippen LogP contribution in [0, 0.1) is 9.39 Å². The van der Waals surface area contributed by atoms with Crippen LogP contribution in [-0.2, 0) is 4.74 Å². The molecular formula is C13H11FIN3O2S. The minimum absolute atomic E-state index is 0.241. The smallest absolute Gasteiger partial charge is 0.414 e. The van der Waals surface area contributed by atoms with Gasteiger partial charge in [0.1, 0.15) is 11.9 Å². The van der Waals surface area contributed by atoms with Crippen LogP contribution in [0.15, 0.2) is 35.7 Å². The molecule has 1 atom stereocenters. The molecule has 1 aliphatic heterocycles. The molecule has 110 valence electrons. The Morgan fingerprint density at radius 1 is 1.57 bits per heavy atom. The zero-order valence-corrected chi connectivity index (χ0v) is 13.7. The summed E-state index contributed by atoms with van der Waals surface area (Å²) in [6.45, 7) is 0.409. The van der Waals surface area contributed by atoms with Crippen molar-refractivity contribution in [2.75, 3.05) is 17.2 Å². The highest BCUT2D eigenvalue weighted by atomic mass is 127. The van der Waals surface area contributed by atoms with Crippen molar-refractivity contribution in [1.82, 2.24) is 9.97 Å². The fraction of sp³-hybridized carbons (Fsp3) is 0.231. The lowest BCUT2D eigenvalue weighted by atomic mass is 10.3. The van der Waals surface area contributed by atoms with E-state index in [1.165, 1.54) is 22.7 Å². The largest absolute Gasteiger partial charge is 0.443 e. The van der Waals surface area contributed by atoms with Gasteiger partial charge in [0.25, 0.3) is 0 Å². The van der Waals surface area contributed by atoms with E-state index in [-0.39, 0.29) is 11.9 Å². The monoisotopic (exact) mass is 419 g/mol. The summed E-state index contributed by atoms with van der Waals surface area (Å²) in [5.74, 6) is 0.261. The van der Waals surface area contributed by atoms with Crippen LogP contribution in [0.4, 0.5) is 14.9 Å². The van der Waals surface area contributed by atoms with Gasteiger partial charge in [0.2, 0.25) is 0 Å². The van der Waals surface area contributed by atoms with Crippen LogP contribution in [0.25, 0.3) is 0 Å². The Balaban J connectivity index is 1.65. The van der Waals surface area contributed by atoms with E-state index in [0.717, 1.165) is 5.16 Å². The molecule has 1 fully saturated rings. The van der Waals surface area contributed by atoms with Crippen LogP contribution in [0.2, 0.25) is 0 Å². The van der Waals surface area contributed by atoms with Gasteiger partial charge in [-0.25, -0.2) is 14.2 Å². The lowest BCUT2D eigenvalue weighted by Crippen LogP contribution is -2.25. The Bertz CT molecular complexity index is 653. The molecule has 1 saturated heterocycles. The molecule has 0 spiro atoms. The topological polar surface area (TPSA) is 58.2 Å². The molecule has 0 unspecified atom stereocenters. The summed E-state index contributed by atoms with van der Waals surface area (Å²) in [6, 6.07) is 4.71. The van der Waals surface area contributed by atoms with E-state index in [1.807, 2.05) is 22.6 Å².